The van der Waals surface area contributed by atoms with Crippen molar-refractivity contribution in [2.75, 3.05) is 0 Å². The minimum Gasteiger partial charge on any atom is -0.297 e. The molecule has 0 unspecified atom stereocenters. The molecule has 0 amide bonds. The fourth-order valence-electron chi connectivity index (χ4n) is 2.44. The van der Waals surface area contributed by atoms with Gasteiger partial charge < -0.3 is 0 Å². The molecule has 0 fully saturated rings. The summed E-state index contributed by atoms with van der Waals surface area (Å²) in [5.74, 6) is -1.76. The van der Waals surface area contributed by atoms with E-state index in [1.165, 1.54) is 0 Å². The van der Waals surface area contributed by atoms with Gasteiger partial charge in [-0.1, -0.05) is 37.3 Å². The van der Waals surface area contributed by atoms with Gasteiger partial charge >= 0.3 is 0 Å². The second kappa shape index (κ2) is 6.42. The number of benzene rings is 2. The predicted molar refractivity (Wildman–Crippen MR) is 89.9 cm³/mol. The summed E-state index contributed by atoms with van der Waals surface area (Å²) >= 11 is 1.14. The lowest BCUT2D eigenvalue weighted by molar-refractivity contribution is 0.112. The maximum atomic E-state index is 14.5. The molecule has 23 heavy (non-hydrogen) atoms. The molecule has 116 valence electrons. The van der Waals surface area contributed by atoms with Crippen molar-refractivity contribution in [2.45, 2.75) is 13.3 Å². The molecule has 1 aromatic heterocycles. The number of hydrogen-bond donors (Lipinski definition) is 0. The number of carbonyl (C=O) groups excluding carboxylic acids is 1. The zero-order valence-corrected chi connectivity index (χ0v) is 13.3. The molecule has 4 heteroatoms. The molecule has 2 aromatic carbocycles. The number of aldehydes is 1. The van der Waals surface area contributed by atoms with Gasteiger partial charge in [0, 0.05) is 16.0 Å². The summed E-state index contributed by atoms with van der Waals surface area (Å²) in [5.41, 5.74) is 2.20. The minimum atomic E-state index is -0.888. The number of thiophene rings is 1. The first-order valence-electron chi connectivity index (χ1n) is 7.26. The fourth-order valence-corrected chi connectivity index (χ4v) is 3.29. The largest absolute Gasteiger partial charge is 0.297 e. The third-order valence-electron chi connectivity index (χ3n) is 3.76. The van der Waals surface area contributed by atoms with Gasteiger partial charge in [-0.25, -0.2) is 8.78 Å². The first-order valence-corrected chi connectivity index (χ1v) is 8.08. The lowest BCUT2D eigenvalue weighted by Crippen LogP contribution is -1.93. The maximum absolute atomic E-state index is 14.5. The van der Waals surface area contributed by atoms with E-state index in [4.69, 9.17) is 0 Å². The monoisotopic (exact) mass is 328 g/mol. The molecular weight excluding hydrogens is 314 g/mol. The topological polar surface area (TPSA) is 17.1 Å². The van der Waals surface area contributed by atoms with E-state index in [-0.39, 0.29) is 11.1 Å². The molecule has 1 nitrogen and oxygen atoms in total. The Morgan fingerprint density at radius 1 is 0.913 bits per heavy atom. The van der Waals surface area contributed by atoms with Crippen molar-refractivity contribution in [1.29, 1.82) is 0 Å². The van der Waals surface area contributed by atoms with E-state index in [1.54, 1.807) is 36.4 Å². The van der Waals surface area contributed by atoms with Gasteiger partial charge in [0.05, 0.1) is 4.88 Å². The molecule has 0 spiro atoms. The number of aryl methyl sites for hydroxylation is 1. The van der Waals surface area contributed by atoms with Crippen molar-refractivity contribution in [2.24, 2.45) is 0 Å². The molecule has 0 saturated heterocycles. The number of rotatable bonds is 4. The van der Waals surface area contributed by atoms with Gasteiger partial charge in [0.1, 0.15) is 0 Å². The lowest BCUT2D eigenvalue weighted by Gasteiger charge is -2.08. The summed E-state index contributed by atoms with van der Waals surface area (Å²) in [7, 11) is 0. The maximum Gasteiger partial charge on any atom is 0.168 e. The van der Waals surface area contributed by atoms with Crippen molar-refractivity contribution in [3.05, 3.63) is 70.6 Å². The molecule has 3 rings (SSSR count). The molecule has 0 bridgehead atoms. The summed E-state index contributed by atoms with van der Waals surface area (Å²) in [4.78, 5) is 11.8. The van der Waals surface area contributed by atoms with E-state index in [1.807, 2.05) is 19.1 Å². The van der Waals surface area contributed by atoms with Crippen molar-refractivity contribution in [3.8, 4) is 21.6 Å². The van der Waals surface area contributed by atoms with E-state index in [2.05, 4.69) is 0 Å². The van der Waals surface area contributed by atoms with E-state index in [0.29, 0.717) is 21.6 Å². The predicted octanol–water partition coefficient (Wildman–Crippen LogP) is 5.74. The second-order valence-electron chi connectivity index (χ2n) is 5.16. The molecule has 0 atom stereocenters. The van der Waals surface area contributed by atoms with Gasteiger partial charge in [0.2, 0.25) is 0 Å². The Balaban J connectivity index is 2.04. The van der Waals surface area contributed by atoms with Crippen molar-refractivity contribution in [3.63, 3.8) is 0 Å². The summed E-state index contributed by atoms with van der Waals surface area (Å²) in [5, 5.41) is 0. The van der Waals surface area contributed by atoms with Crippen LogP contribution in [0, 0.1) is 11.6 Å². The molecule has 0 N–H and O–H groups in total. The highest BCUT2D eigenvalue weighted by Crippen LogP contribution is 2.34. The Morgan fingerprint density at radius 2 is 1.57 bits per heavy atom. The van der Waals surface area contributed by atoms with Crippen molar-refractivity contribution in [1.82, 2.24) is 0 Å². The van der Waals surface area contributed by atoms with Crippen LogP contribution in [0.4, 0.5) is 8.78 Å². The Morgan fingerprint density at radius 3 is 2.17 bits per heavy atom. The Bertz CT molecular complexity index is 850. The van der Waals surface area contributed by atoms with Crippen LogP contribution in [-0.4, -0.2) is 6.29 Å². The standard InChI is InChI=1S/C19H14F2OS/c1-2-12-3-5-13(6-4-12)15-8-9-16(19(21)18(15)20)17-10-7-14(11-22)23-17/h3-11H,2H2,1H3. The van der Waals surface area contributed by atoms with E-state index in [0.717, 1.165) is 23.3 Å². The van der Waals surface area contributed by atoms with E-state index in [9.17, 15) is 13.6 Å². The van der Waals surface area contributed by atoms with Crippen LogP contribution in [0.25, 0.3) is 21.6 Å². The summed E-state index contributed by atoms with van der Waals surface area (Å²) in [6.07, 6.45) is 1.60. The summed E-state index contributed by atoms with van der Waals surface area (Å²) in [6.45, 7) is 2.04. The smallest absolute Gasteiger partial charge is 0.168 e. The van der Waals surface area contributed by atoms with E-state index >= 15 is 0 Å². The highest BCUT2D eigenvalue weighted by atomic mass is 32.1. The molecule has 3 aromatic rings. The van der Waals surface area contributed by atoms with Crippen molar-refractivity contribution >= 4 is 17.6 Å². The van der Waals surface area contributed by atoms with Gasteiger partial charge in [-0.3, -0.25) is 4.79 Å². The zero-order valence-electron chi connectivity index (χ0n) is 12.5. The Labute approximate surface area is 137 Å². The molecule has 0 aliphatic carbocycles. The van der Waals surface area contributed by atoms with Crippen LogP contribution in [0.3, 0.4) is 0 Å². The Kier molecular flexibility index (Phi) is 4.35. The number of halogens is 2. The van der Waals surface area contributed by atoms with Crippen LogP contribution >= 0.6 is 11.3 Å². The van der Waals surface area contributed by atoms with Crippen LogP contribution in [0.1, 0.15) is 22.2 Å². The zero-order chi connectivity index (χ0) is 16.4. The Hall–Kier alpha value is -2.33. The molecule has 1 heterocycles. The van der Waals surface area contributed by atoms with Gasteiger partial charge in [-0.05, 0) is 35.7 Å². The second-order valence-corrected chi connectivity index (χ2v) is 6.27. The fraction of sp³-hybridized carbons (Fsp3) is 0.105. The number of carbonyl (C=O) groups is 1. The normalized spacial score (nSPS) is 10.7. The highest BCUT2D eigenvalue weighted by Gasteiger charge is 2.17. The van der Waals surface area contributed by atoms with Gasteiger partial charge in [0.25, 0.3) is 0 Å². The summed E-state index contributed by atoms with van der Waals surface area (Å²) in [6, 6.07) is 13.8. The van der Waals surface area contributed by atoms with Gasteiger partial charge in [0.15, 0.2) is 17.9 Å². The summed E-state index contributed by atoms with van der Waals surface area (Å²) < 4.78 is 28.9. The average Bonchev–Trinajstić information content (AvgIpc) is 3.06. The van der Waals surface area contributed by atoms with Crippen molar-refractivity contribution < 1.29 is 13.6 Å². The highest BCUT2D eigenvalue weighted by molar-refractivity contribution is 7.17. The van der Waals surface area contributed by atoms with Gasteiger partial charge in [-0.2, -0.15) is 0 Å². The first-order chi connectivity index (χ1) is 11.1. The van der Waals surface area contributed by atoms with Crippen LogP contribution in [-0.2, 0) is 6.42 Å². The molecule has 0 saturated carbocycles. The third kappa shape index (κ3) is 2.94. The van der Waals surface area contributed by atoms with Crippen LogP contribution in [0.2, 0.25) is 0 Å². The van der Waals surface area contributed by atoms with E-state index < -0.39 is 11.6 Å². The van der Waals surface area contributed by atoms with Crippen LogP contribution in [0.5, 0.6) is 0 Å². The number of hydrogen-bond acceptors (Lipinski definition) is 2. The molecule has 0 aliphatic heterocycles. The quantitative estimate of drug-likeness (QED) is 0.559. The average molecular weight is 328 g/mol. The SMILES string of the molecule is CCc1ccc(-c2ccc(-c3ccc(C=O)s3)c(F)c2F)cc1. The van der Waals surface area contributed by atoms with Crippen LogP contribution in [0.15, 0.2) is 48.5 Å². The first kappa shape index (κ1) is 15.6. The minimum absolute atomic E-state index is 0.175. The molecule has 0 aliphatic rings. The van der Waals surface area contributed by atoms with Gasteiger partial charge in [-0.15, -0.1) is 11.3 Å². The lowest BCUT2D eigenvalue weighted by atomic mass is 10.0. The van der Waals surface area contributed by atoms with Crippen LogP contribution < -0.4 is 0 Å². The molecule has 0 radical (unpaired) electrons. The molecular formula is C19H14F2OS. The third-order valence-corrected chi connectivity index (χ3v) is 4.81.